The van der Waals surface area contributed by atoms with E-state index in [1.54, 1.807) is 34.0 Å². The summed E-state index contributed by atoms with van der Waals surface area (Å²) in [6, 6.07) is 6.32. The highest BCUT2D eigenvalue weighted by molar-refractivity contribution is 7.16. The number of rotatable bonds is 3. The number of hydrogen-bond donors (Lipinski definition) is 1. The van der Waals surface area contributed by atoms with Crippen LogP contribution in [0.4, 0.5) is 5.13 Å². The number of aromatic nitrogens is 1. The van der Waals surface area contributed by atoms with Gasteiger partial charge in [-0.05, 0) is 22.9 Å². The first-order valence-electron chi connectivity index (χ1n) is 5.13. The number of hydrogen-bond acceptors (Lipinski definition) is 5. The van der Waals surface area contributed by atoms with E-state index in [4.69, 9.17) is 5.73 Å². The average molecular weight is 278 g/mol. The second-order valence-electron chi connectivity index (χ2n) is 3.59. The van der Waals surface area contributed by atoms with E-state index in [2.05, 4.69) is 39.3 Å². The highest BCUT2D eigenvalue weighted by Gasteiger charge is 2.12. The Balaban J connectivity index is 1.99. The highest BCUT2D eigenvalue weighted by Crippen LogP contribution is 2.33. The summed E-state index contributed by atoms with van der Waals surface area (Å²) in [7, 11) is 0. The first kappa shape index (κ1) is 11.0. The van der Waals surface area contributed by atoms with Gasteiger partial charge in [0.15, 0.2) is 5.13 Å². The fourth-order valence-corrected chi connectivity index (χ4v) is 4.01. The van der Waals surface area contributed by atoms with Gasteiger partial charge in [-0.3, -0.25) is 0 Å². The summed E-state index contributed by atoms with van der Waals surface area (Å²) >= 11 is 5.05. The smallest absolute Gasteiger partial charge is 0.180 e. The van der Waals surface area contributed by atoms with Crippen LogP contribution in [-0.4, -0.2) is 4.98 Å². The molecule has 0 aliphatic heterocycles. The van der Waals surface area contributed by atoms with Gasteiger partial charge in [0.05, 0.1) is 5.69 Å². The molecule has 0 saturated carbocycles. The van der Waals surface area contributed by atoms with Gasteiger partial charge in [-0.25, -0.2) is 4.98 Å². The van der Waals surface area contributed by atoms with Crippen LogP contribution in [0.3, 0.4) is 0 Å². The minimum absolute atomic E-state index is 0.651. The summed E-state index contributed by atoms with van der Waals surface area (Å²) in [4.78, 5) is 7.05. The topological polar surface area (TPSA) is 38.9 Å². The standard InChI is InChI=1S/C12H10N2S3/c13-12-14-11(8-3-5-15-7-8)10(17-12)6-9-2-1-4-16-9/h1-5,7H,6H2,(H2,13,14). The zero-order chi connectivity index (χ0) is 11.7. The van der Waals surface area contributed by atoms with Crippen LogP contribution in [0.25, 0.3) is 11.3 Å². The molecule has 17 heavy (non-hydrogen) atoms. The van der Waals surface area contributed by atoms with Crippen LogP contribution in [0.5, 0.6) is 0 Å². The maximum atomic E-state index is 5.83. The van der Waals surface area contributed by atoms with Gasteiger partial charge >= 0.3 is 0 Å². The predicted octanol–water partition coefficient (Wildman–Crippen LogP) is 4.11. The Bertz CT molecular complexity index is 594. The normalized spacial score (nSPS) is 10.8. The Morgan fingerprint density at radius 3 is 2.88 bits per heavy atom. The first-order valence-corrected chi connectivity index (χ1v) is 7.77. The number of nitrogens with two attached hydrogens (primary N) is 1. The summed E-state index contributed by atoms with van der Waals surface area (Å²) in [5.41, 5.74) is 8.05. The van der Waals surface area contributed by atoms with Gasteiger partial charge in [0, 0.05) is 27.1 Å². The van der Waals surface area contributed by atoms with Crippen molar-refractivity contribution in [1.29, 1.82) is 0 Å². The van der Waals surface area contributed by atoms with E-state index in [9.17, 15) is 0 Å². The van der Waals surface area contributed by atoms with Crippen molar-refractivity contribution in [3.63, 3.8) is 0 Å². The van der Waals surface area contributed by atoms with Crippen molar-refractivity contribution in [2.24, 2.45) is 0 Å². The van der Waals surface area contributed by atoms with E-state index >= 15 is 0 Å². The highest BCUT2D eigenvalue weighted by atomic mass is 32.1. The maximum Gasteiger partial charge on any atom is 0.180 e. The predicted molar refractivity (Wildman–Crippen MR) is 77.0 cm³/mol. The molecule has 0 fully saturated rings. The molecule has 0 aliphatic rings. The lowest BCUT2D eigenvalue weighted by Crippen LogP contribution is -1.85. The van der Waals surface area contributed by atoms with Gasteiger partial charge in [-0.2, -0.15) is 11.3 Å². The number of thiophene rings is 2. The summed E-state index contributed by atoms with van der Waals surface area (Å²) < 4.78 is 0. The van der Waals surface area contributed by atoms with Gasteiger partial charge < -0.3 is 5.73 Å². The maximum absolute atomic E-state index is 5.83. The molecule has 5 heteroatoms. The second kappa shape index (κ2) is 4.60. The third-order valence-electron chi connectivity index (χ3n) is 2.42. The van der Waals surface area contributed by atoms with E-state index < -0.39 is 0 Å². The van der Waals surface area contributed by atoms with Crippen LogP contribution in [0.2, 0.25) is 0 Å². The van der Waals surface area contributed by atoms with Crippen molar-refractivity contribution in [2.45, 2.75) is 6.42 Å². The van der Waals surface area contributed by atoms with Crippen LogP contribution >= 0.6 is 34.0 Å². The summed E-state index contributed by atoms with van der Waals surface area (Å²) in [5, 5.41) is 6.94. The van der Waals surface area contributed by atoms with Crippen molar-refractivity contribution in [2.75, 3.05) is 5.73 Å². The quantitative estimate of drug-likeness (QED) is 0.783. The zero-order valence-corrected chi connectivity index (χ0v) is 11.4. The van der Waals surface area contributed by atoms with E-state index in [0.717, 1.165) is 12.1 Å². The van der Waals surface area contributed by atoms with Gasteiger partial charge in [0.2, 0.25) is 0 Å². The van der Waals surface area contributed by atoms with Gasteiger partial charge in [-0.1, -0.05) is 6.07 Å². The summed E-state index contributed by atoms with van der Waals surface area (Å²) in [6.07, 6.45) is 0.928. The van der Waals surface area contributed by atoms with Crippen molar-refractivity contribution in [3.05, 3.63) is 44.1 Å². The minimum Gasteiger partial charge on any atom is -0.375 e. The molecule has 0 aromatic carbocycles. The Morgan fingerprint density at radius 1 is 1.24 bits per heavy atom. The Morgan fingerprint density at radius 2 is 2.18 bits per heavy atom. The first-order chi connectivity index (χ1) is 8.33. The lowest BCUT2D eigenvalue weighted by molar-refractivity contribution is 1.27. The van der Waals surface area contributed by atoms with E-state index in [-0.39, 0.29) is 0 Å². The third-order valence-corrected chi connectivity index (χ3v) is 4.87. The van der Waals surface area contributed by atoms with Gasteiger partial charge in [0.1, 0.15) is 0 Å². The molecule has 2 N–H and O–H groups in total. The number of nitrogens with zero attached hydrogens (tertiary/aromatic N) is 1. The molecule has 2 nitrogen and oxygen atoms in total. The molecule has 3 aromatic rings. The van der Waals surface area contributed by atoms with Gasteiger partial charge in [0.25, 0.3) is 0 Å². The van der Waals surface area contributed by atoms with Crippen LogP contribution in [-0.2, 0) is 6.42 Å². The van der Waals surface area contributed by atoms with Crippen molar-refractivity contribution < 1.29 is 0 Å². The molecule has 0 amide bonds. The lowest BCUT2D eigenvalue weighted by Gasteiger charge is -1.97. The molecule has 0 bridgehead atoms. The van der Waals surface area contributed by atoms with E-state index in [0.29, 0.717) is 5.13 Å². The molecule has 0 spiro atoms. The lowest BCUT2D eigenvalue weighted by atomic mass is 10.2. The van der Waals surface area contributed by atoms with Crippen LogP contribution in [0.15, 0.2) is 34.3 Å². The third kappa shape index (κ3) is 2.26. The monoisotopic (exact) mass is 278 g/mol. The Kier molecular flexibility index (Phi) is 2.96. The summed E-state index contributed by atoms with van der Waals surface area (Å²) in [6.45, 7) is 0. The Hall–Kier alpha value is -1.17. The van der Waals surface area contributed by atoms with Crippen LogP contribution in [0, 0.1) is 0 Å². The SMILES string of the molecule is Nc1nc(-c2ccsc2)c(Cc2cccs2)s1. The molecular formula is C12H10N2S3. The van der Waals surface area contributed by atoms with E-state index in [1.807, 2.05) is 0 Å². The van der Waals surface area contributed by atoms with Crippen molar-refractivity contribution >= 4 is 39.1 Å². The molecule has 3 heterocycles. The molecule has 0 aliphatic carbocycles. The van der Waals surface area contributed by atoms with E-state index in [1.165, 1.54) is 15.3 Å². The Labute approximate surface area is 111 Å². The zero-order valence-electron chi connectivity index (χ0n) is 8.92. The largest absolute Gasteiger partial charge is 0.375 e. The van der Waals surface area contributed by atoms with Crippen LogP contribution < -0.4 is 5.73 Å². The summed E-state index contributed by atoms with van der Waals surface area (Å²) in [5.74, 6) is 0. The van der Waals surface area contributed by atoms with Crippen molar-refractivity contribution in [1.82, 2.24) is 4.98 Å². The molecule has 0 unspecified atom stereocenters. The number of thiazole rings is 1. The molecule has 3 rings (SSSR count). The molecule has 86 valence electrons. The number of nitrogen functional groups attached to an aromatic ring is 1. The van der Waals surface area contributed by atoms with Crippen molar-refractivity contribution in [3.8, 4) is 11.3 Å². The molecule has 0 atom stereocenters. The van der Waals surface area contributed by atoms with Crippen LogP contribution in [0.1, 0.15) is 9.75 Å². The fourth-order valence-electron chi connectivity index (χ4n) is 1.69. The molecular weight excluding hydrogens is 268 g/mol. The van der Waals surface area contributed by atoms with Gasteiger partial charge in [-0.15, -0.1) is 22.7 Å². The number of anilines is 1. The fraction of sp³-hybridized carbons (Fsp3) is 0.0833. The molecule has 0 radical (unpaired) electrons. The minimum atomic E-state index is 0.651. The average Bonchev–Trinajstić information content (AvgIpc) is 3.00. The second-order valence-corrected chi connectivity index (χ2v) is 6.52. The molecule has 0 saturated heterocycles. The molecule has 3 aromatic heterocycles.